The van der Waals surface area contributed by atoms with E-state index < -0.39 is 12.0 Å². The molecular weight excluding hydrogens is 254 g/mol. The predicted octanol–water partition coefficient (Wildman–Crippen LogP) is 1.21. The van der Waals surface area contributed by atoms with Crippen LogP contribution in [-0.2, 0) is 9.53 Å². The van der Waals surface area contributed by atoms with Crippen LogP contribution in [0.1, 0.15) is 31.0 Å². The summed E-state index contributed by atoms with van der Waals surface area (Å²) in [5.41, 5.74) is 5.90. The first-order valence-corrected chi connectivity index (χ1v) is 6.71. The Morgan fingerprint density at radius 2 is 2.50 bits per heavy atom. The Labute approximate surface area is 109 Å². The van der Waals surface area contributed by atoms with E-state index in [1.54, 1.807) is 12.5 Å². The molecule has 0 aliphatic heterocycles. The summed E-state index contributed by atoms with van der Waals surface area (Å²) < 4.78 is 5.30. The number of aliphatic carboxylic acids is 1. The molecule has 1 aliphatic rings. The second kappa shape index (κ2) is 5.64. The summed E-state index contributed by atoms with van der Waals surface area (Å²) in [7, 11) is 1.72. The molecule has 1 aliphatic carbocycles. The Morgan fingerprint density at radius 1 is 1.72 bits per heavy atom. The number of thiazole rings is 1. The lowest BCUT2D eigenvalue weighted by molar-refractivity contribution is -0.138. The van der Waals surface area contributed by atoms with Gasteiger partial charge in [0.05, 0.1) is 11.8 Å². The zero-order chi connectivity index (χ0) is 13.1. The van der Waals surface area contributed by atoms with Gasteiger partial charge in [-0.25, -0.2) is 4.98 Å². The quantitative estimate of drug-likeness (QED) is 0.744. The molecule has 2 rings (SSSR count). The number of hydrogen-bond acceptors (Lipinski definition) is 6. The van der Waals surface area contributed by atoms with E-state index in [1.165, 1.54) is 11.3 Å². The van der Waals surface area contributed by atoms with Crippen LogP contribution in [-0.4, -0.2) is 35.3 Å². The summed E-state index contributed by atoms with van der Waals surface area (Å²) in [6.45, 7) is 0. The molecule has 1 heterocycles. The molecule has 0 amide bonds. The van der Waals surface area contributed by atoms with Crippen LogP contribution in [0.5, 0.6) is 0 Å². The van der Waals surface area contributed by atoms with Gasteiger partial charge in [0.2, 0.25) is 0 Å². The Hall–Kier alpha value is -1.18. The molecule has 1 fully saturated rings. The van der Waals surface area contributed by atoms with Gasteiger partial charge < -0.3 is 20.9 Å². The zero-order valence-corrected chi connectivity index (χ0v) is 10.9. The summed E-state index contributed by atoms with van der Waals surface area (Å²) in [4.78, 5) is 14.9. The minimum Gasteiger partial charge on any atom is -0.480 e. The number of nitrogens with one attached hydrogen (secondary N) is 1. The third kappa shape index (κ3) is 2.98. The van der Waals surface area contributed by atoms with Crippen LogP contribution < -0.4 is 11.1 Å². The molecule has 0 saturated heterocycles. The summed E-state index contributed by atoms with van der Waals surface area (Å²) in [5, 5.41) is 14.5. The second-order valence-corrected chi connectivity index (χ2v) is 5.26. The highest BCUT2D eigenvalue weighted by molar-refractivity contribution is 7.13. The first kappa shape index (κ1) is 13.3. The fraction of sp³-hybridized carbons (Fsp3) is 0.636. The van der Waals surface area contributed by atoms with E-state index in [0.717, 1.165) is 24.4 Å². The van der Waals surface area contributed by atoms with Crippen LogP contribution in [0.4, 0.5) is 5.13 Å². The number of ether oxygens (including phenoxy) is 1. The number of nitrogens with two attached hydrogens (primary N) is 1. The van der Waals surface area contributed by atoms with Crippen molar-refractivity contribution in [3.05, 3.63) is 11.1 Å². The maximum Gasteiger partial charge on any atom is 0.326 e. The van der Waals surface area contributed by atoms with Crippen LogP contribution in [0.15, 0.2) is 5.38 Å². The molecule has 0 aromatic carbocycles. The maximum atomic E-state index is 10.7. The number of carbonyl (C=O) groups is 1. The van der Waals surface area contributed by atoms with Gasteiger partial charge in [-0.3, -0.25) is 4.79 Å². The highest BCUT2D eigenvalue weighted by Crippen LogP contribution is 2.27. The van der Waals surface area contributed by atoms with Crippen molar-refractivity contribution in [3.63, 3.8) is 0 Å². The molecule has 1 aromatic heterocycles. The number of anilines is 1. The average Bonchev–Trinajstić information content (AvgIpc) is 2.97. The standard InChI is InChI=1S/C11H17N3O3S/c1-17-7-3-2-6(4-7)13-11-14-8(5-18-11)9(12)10(15)16/h5-7,9H,2-4,12H2,1H3,(H,13,14)(H,15,16). The van der Waals surface area contributed by atoms with Gasteiger partial charge in [0.25, 0.3) is 0 Å². The largest absolute Gasteiger partial charge is 0.480 e. The van der Waals surface area contributed by atoms with Crippen molar-refractivity contribution < 1.29 is 14.6 Å². The Bertz CT molecular complexity index is 423. The predicted molar refractivity (Wildman–Crippen MR) is 68.7 cm³/mol. The molecule has 7 heteroatoms. The number of carboxylic acids is 1. The van der Waals surface area contributed by atoms with E-state index in [0.29, 0.717) is 17.8 Å². The molecule has 1 aromatic rings. The van der Waals surface area contributed by atoms with E-state index in [9.17, 15) is 4.79 Å². The third-order valence-electron chi connectivity index (χ3n) is 3.15. The number of aromatic nitrogens is 1. The first-order chi connectivity index (χ1) is 8.60. The summed E-state index contributed by atoms with van der Waals surface area (Å²) in [6, 6.07) is -0.706. The fourth-order valence-electron chi connectivity index (χ4n) is 2.08. The number of rotatable bonds is 5. The molecule has 0 bridgehead atoms. The minimum atomic E-state index is -1.06. The van der Waals surface area contributed by atoms with Crippen LogP contribution in [0.2, 0.25) is 0 Å². The molecule has 3 atom stereocenters. The topological polar surface area (TPSA) is 97.5 Å². The first-order valence-electron chi connectivity index (χ1n) is 5.83. The van der Waals surface area contributed by atoms with Gasteiger partial charge in [0.1, 0.15) is 6.04 Å². The SMILES string of the molecule is COC1CCC(Nc2nc(C(N)C(=O)O)cs2)C1. The maximum absolute atomic E-state index is 10.7. The number of nitrogens with zero attached hydrogens (tertiary/aromatic N) is 1. The number of hydrogen-bond donors (Lipinski definition) is 3. The summed E-state index contributed by atoms with van der Waals surface area (Å²) >= 11 is 1.38. The average molecular weight is 271 g/mol. The van der Waals surface area contributed by atoms with Gasteiger partial charge in [-0.15, -0.1) is 11.3 Å². The molecule has 0 spiro atoms. The van der Waals surface area contributed by atoms with Crippen LogP contribution in [0.3, 0.4) is 0 Å². The Balaban J connectivity index is 1.93. The normalized spacial score (nSPS) is 25.0. The summed E-state index contributed by atoms with van der Waals surface area (Å²) in [5.74, 6) is -1.06. The van der Waals surface area contributed by atoms with Gasteiger partial charge >= 0.3 is 5.97 Å². The van der Waals surface area contributed by atoms with Gasteiger partial charge in [-0.1, -0.05) is 0 Å². The molecule has 4 N–H and O–H groups in total. The van der Waals surface area contributed by atoms with Crippen molar-refractivity contribution in [3.8, 4) is 0 Å². The van der Waals surface area contributed by atoms with E-state index in [4.69, 9.17) is 15.6 Å². The lowest BCUT2D eigenvalue weighted by atomic mass is 10.2. The lowest BCUT2D eigenvalue weighted by Crippen LogP contribution is -2.21. The van der Waals surface area contributed by atoms with Crippen molar-refractivity contribution in [2.75, 3.05) is 12.4 Å². The van der Waals surface area contributed by atoms with Gasteiger partial charge in [-0.05, 0) is 19.3 Å². The molecule has 18 heavy (non-hydrogen) atoms. The third-order valence-corrected chi connectivity index (χ3v) is 3.94. The van der Waals surface area contributed by atoms with Crippen molar-refractivity contribution in [1.82, 2.24) is 4.98 Å². The molecule has 3 unspecified atom stereocenters. The van der Waals surface area contributed by atoms with E-state index in [-0.39, 0.29) is 0 Å². The van der Waals surface area contributed by atoms with Crippen LogP contribution >= 0.6 is 11.3 Å². The van der Waals surface area contributed by atoms with Crippen LogP contribution in [0.25, 0.3) is 0 Å². The summed E-state index contributed by atoms with van der Waals surface area (Å²) in [6.07, 6.45) is 3.35. The monoisotopic (exact) mass is 271 g/mol. The Kier molecular flexibility index (Phi) is 4.15. The number of carboxylic acid groups (broad SMARTS) is 1. The van der Waals surface area contributed by atoms with Crippen molar-refractivity contribution in [2.45, 2.75) is 37.5 Å². The Morgan fingerprint density at radius 3 is 3.11 bits per heavy atom. The van der Waals surface area contributed by atoms with Gasteiger partial charge in [-0.2, -0.15) is 0 Å². The lowest BCUT2D eigenvalue weighted by Gasteiger charge is -2.11. The number of methoxy groups -OCH3 is 1. The second-order valence-electron chi connectivity index (χ2n) is 4.41. The smallest absolute Gasteiger partial charge is 0.326 e. The highest BCUT2D eigenvalue weighted by atomic mass is 32.1. The molecular formula is C11H17N3O3S. The fourth-order valence-corrected chi connectivity index (χ4v) is 2.91. The van der Waals surface area contributed by atoms with E-state index >= 15 is 0 Å². The van der Waals surface area contributed by atoms with E-state index in [2.05, 4.69) is 10.3 Å². The van der Waals surface area contributed by atoms with Gasteiger partial charge in [0.15, 0.2) is 5.13 Å². The zero-order valence-electron chi connectivity index (χ0n) is 10.1. The molecule has 1 saturated carbocycles. The van der Waals surface area contributed by atoms with E-state index in [1.807, 2.05) is 0 Å². The molecule has 6 nitrogen and oxygen atoms in total. The highest BCUT2D eigenvalue weighted by Gasteiger charge is 2.25. The van der Waals surface area contributed by atoms with Crippen LogP contribution in [0, 0.1) is 0 Å². The minimum absolute atomic E-state index is 0.309. The molecule has 0 radical (unpaired) electrons. The van der Waals surface area contributed by atoms with Crippen molar-refractivity contribution >= 4 is 22.4 Å². The van der Waals surface area contributed by atoms with Crippen molar-refractivity contribution in [2.24, 2.45) is 5.73 Å². The van der Waals surface area contributed by atoms with Gasteiger partial charge in [0, 0.05) is 18.5 Å². The molecule has 100 valence electrons. The van der Waals surface area contributed by atoms with Crippen molar-refractivity contribution in [1.29, 1.82) is 0 Å².